The number of nitrogens with zero attached hydrogens (tertiary/aromatic N) is 1. The standard InChI is InChI=1S/C21H17FN2O2/c1-21(17-7-9-18(22)10-8-17)19(24-20(25)26-21)16-11-15(12-23-13-16)14-5-3-2-4-6-14/h2-13,19H,1H3,(H,24,25)/t19-,21-/m0/s1. The Morgan fingerprint density at radius 2 is 1.77 bits per heavy atom. The molecule has 2 aromatic carbocycles. The maximum atomic E-state index is 13.3. The molecule has 1 saturated heterocycles. The molecule has 3 aromatic rings. The van der Waals surface area contributed by atoms with Gasteiger partial charge in [0.1, 0.15) is 11.9 Å². The van der Waals surface area contributed by atoms with Gasteiger partial charge in [0, 0.05) is 18.0 Å². The average Bonchev–Trinajstić information content (AvgIpc) is 2.98. The molecule has 1 aliphatic heterocycles. The van der Waals surface area contributed by atoms with E-state index in [2.05, 4.69) is 10.3 Å². The van der Waals surface area contributed by atoms with Crippen molar-refractivity contribution in [3.05, 3.63) is 90.0 Å². The lowest BCUT2D eigenvalue weighted by Crippen LogP contribution is -2.31. The Morgan fingerprint density at radius 3 is 2.50 bits per heavy atom. The van der Waals surface area contributed by atoms with Crippen molar-refractivity contribution in [3.63, 3.8) is 0 Å². The number of hydrogen-bond donors (Lipinski definition) is 1. The normalized spacial score (nSPS) is 21.9. The van der Waals surface area contributed by atoms with Crippen molar-refractivity contribution in [1.29, 1.82) is 0 Å². The number of cyclic esters (lactones) is 1. The minimum Gasteiger partial charge on any atom is -0.436 e. The number of carbonyl (C=O) groups is 1. The van der Waals surface area contributed by atoms with Crippen LogP contribution in [0, 0.1) is 5.82 Å². The highest BCUT2D eigenvalue weighted by Gasteiger charge is 2.47. The smallest absolute Gasteiger partial charge is 0.408 e. The number of hydrogen-bond acceptors (Lipinski definition) is 3. The van der Waals surface area contributed by atoms with E-state index in [1.807, 2.05) is 43.3 Å². The van der Waals surface area contributed by atoms with Crippen molar-refractivity contribution in [3.8, 4) is 11.1 Å². The van der Waals surface area contributed by atoms with Gasteiger partial charge in [-0.2, -0.15) is 0 Å². The Hall–Kier alpha value is -3.21. The summed E-state index contributed by atoms with van der Waals surface area (Å²) in [5, 5.41) is 2.86. The molecule has 0 bridgehead atoms. The van der Waals surface area contributed by atoms with Crippen LogP contribution in [0.2, 0.25) is 0 Å². The van der Waals surface area contributed by atoms with Gasteiger partial charge in [-0.25, -0.2) is 9.18 Å². The summed E-state index contributed by atoms with van der Waals surface area (Å²) in [5.74, 6) is -0.334. The molecule has 2 atom stereocenters. The Bertz CT molecular complexity index is 944. The Morgan fingerprint density at radius 1 is 1.04 bits per heavy atom. The number of aromatic nitrogens is 1. The Balaban J connectivity index is 1.76. The number of rotatable bonds is 3. The third-order valence-electron chi connectivity index (χ3n) is 4.74. The van der Waals surface area contributed by atoms with E-state index in [0.29, 0.717) is 5.56 Å². The lowest BCUT2D eigenvalue weighted by atomic mass is 9.84. The second-order valence-electron chi connectivity index (χ2n) is 6.45. The molecule has 1 fully saturated rings. The average molecular weight is 348 g/mol. The van der Waals surface area contributed by atoms with E-state index < -0.39 is 17.7 Å². The summed E-state index contributed by atoms with van der Waals surface area (Å²) in [4.78, 5) is 16.3. The number of amides is 1. The molecule has 130 valence electrons. The van der Waals surface area contributed by atoms with Crippen molar-refractivity contribution in [1.82, 2.24) is 10.3 Å². The molecule has 26 heavy (non-hydrogen) atoms. The van der Waals surface area contributed by atoms with Gasteiger partial charge in [-0.05, 0) is 41.8 Å². The highest BCUT2D eigenvalue weighted by molar-refractivity contribution is 5.72. The van der Waals surface area contributed by atoms with Gasteiger partial charge in [-0.1, -0.05) is 42.5 Å². The summed E-state index contributed by atoms with van der Waals surface area (Å²) in [5.41, 5.74) is 2.57. The van der Waals surface area contributed by atoms with Crippen LogP contribution in [0.4, 0.5) is 9.18 Å². The third-order valence-corrected chi connectivity index (χ3v) is 4.74. The van der Waals surface area contributed by atoms with E-state index in [0.717, 1.165) is 16.7 Å². The zero-order valence-corrected chi connectivity index (χ0v) is 14.1. The number of nitrogens with one attached hydrogen (secondary N) is 1. The molecule has 1 amide bonds. The maximum absolute atomic E-state index is 13.3. The molecule has 1 aliphatic rings. The molecule has 2 heterocycles. The number of halogens is 1. The number of pyridine rings is 1. The molecule has 1 aromatic heterocycles. The van der Waals surface area contributed by atoms with Crippen molar-refractivity contribution >= 4 is 6.09 Å². The first-order chi connectivity index (χ1) is 12.6. The zero-order chi connectivity index (χ0) is 18.1. The first-order valence-electron chi connectivity index (χ1n) is 8.32. The lowest BCUT2D eigenvalue weighted by Gasteiger charge is -2.29. The molecular weight excluding hydrogens is 331 g/mol. The van der Waals surface area contributed by atoms with E-state index in [4.69, 9.17) is 4.74 Å². The SMILES string of the molecule is C[C@@]1(c2ccc(F)cc2)OC(=O)N[C@H]1c1cncc(-c2ccccc2)c1. The number of benzene rings is 2. The van der Waals surface area contributed by atoms with Gasteiger partial charge in [0.25, 0.3) is 0 Å². The van der Waals surface area contributed by atoms with Crippen molar-refractivity contribution < 1.29 is 13.9 Å². The second-order valence-corrected chi connectivity index (χ2v) is 6.45. The summed E-state index contributed by atoms with van der Waals surface area (Å²) < 4.78 is 18.9. The van der Waals surface area contributed by atoms with Crippen molar-refractivity contribution in [2.75, 3.05) is 0 Å². The first kappa shape index (κ1) is 16.3. The quantitative estimate of drug-likeness (QED) is 0.753. The summed E-state index contributed by atoms with van der Waals surface area (Å²) >= 11 is 0. The fourth-order valence-electron chi connectivity index (χ4n) is 3.35. The molecule has 4 rings (SSSR count). The van der Waals surface area contributed by atoms with Crippen LogP contribution in [0.25, 0.3) is 11.1 Å². The van der Waals surface area contributed by atoms with E-state index in [1.54, 1.807) is 24.5 Å². The Kier molecular flexibility index (Phi) is 3.92. The molecule has 0 unspecified atom stereocenters. The summed E-state index contributed by atoms with van der Waals surface area (Å²) in [6.45, 7) is 1.82. The first-order valence-corrected chi connectivity index (χ1v) is 8.32. The largest absolute Gasteiger partial charge is 0.436 e. The predicted molar refractivity (Wildman–Crippen MR) is 95.8 cm³/mol. The van der Waals surface area contributed by atoms with Gasteiger partial charge in [-0.3, -0.25) is 4.98 Å². The van der Waals surface area contributed by atoms with Crippen LogP contribution in [0.5, 0.6) is 0 Å². The van der Waals surface area contributed by atoms with E-state index >= 15 is 0 Å². The molecule has 4 nitrogen and oxygen atoms in total. The van der Waals surface area contributed by atoms with Crippen LogP contribution in [-0.4, -0.2) is 11.1 Å². The fraction of sp³-hybridized carbons (Fsp3) is 0.143. The number of alkyl carbamates (subject to hydrolysis) is 1. The fourth-order valence-corrected chi connectivity index (χ4v) is 3.35. The summed E-state index contributed by atoms with van der Waals surface area (Å²) in [6.07, 6.45) is 2.99. The molecule has 0 aliphatic carbocycles. The van der Waals surface area contributed by atoms with Gasteiger partial charge < -0.3 is 10.1 Å². The minimum absolute atomic E-state index is 0.334. The van der Waals surface area contributed by atoms with Crippen molar-refractivity contribution in [2.24, 2.45) is 0 Å². The van der Waals surface area contributed by atoms with Crippen LogP contribution >= 0.6 is 0 Å². The molecule has 1 N–H and O–H groups in total. The predicted octanol–water partition coefficient (Wildman–Crippen LogP) is 4.58. The van der Waals surface area contributed by atoms with Gasteiger partial charge >= 0.3 is 6.09 Å². The maximum Gasteiger partial charge on any atom is 0.408 e. The molecule has 0 radical (unpaired) electrons. The third kappa shape index (κ3) is 2.81. The van der Waals surface area contributed by atoms with E-state index in [1.165, 1.54) is 12.1 Å². The van der Waals surface area contributed by atoms with Gasteiger partial charge in [0.2, 0.25) is 0 Å². The highest BCUT2D eigenvalue weighted by Crippen LogP contribution is 2.43. The summed E-state index contributed by atoms with van der Waals surface area (Å²) in [7, 11) is 0. The van der Waals surface area contributed by atoms with Crippen molar-refractivity contribution in [2.45, 2.75) is 18.6 Å². The minimum atomic E-state index is -0.957. The Labute approximate surface area is 150 Å². The topological polar surface area (TPSA) is 51.2 Å². The van der Waals surface area contributed by atoms with Crippen LogP contribution in [0.1, 0.15) is 24.1 Å². The monoisotopic (exact) mass is 348 g/mol. The van der Waals surface area contributed by atoms with Crippen LogP contribution in [0.3, 0.4) is 0 Å². The van der Waals surface area contributed by atoms with E-state index in [9.17, 15) is 9.18 Å². The zero-order valence-electron chi connectivity index (χ0n) is 14.1. The van der Waals surface area contributed by atoms with Gasteiger partial charge in [0.05, 0.1) is 0 Å². The van der Waals surface area contributed by atoms with Gasteiger partial charge in [0.15, 0.2) is 5.60 Å². The molecular formula is C21H17FN2O2. The van der Waals surface area contributed by atoms with Crippen LogP contribution in [-0.2, 0) is 10.3 Å². The van der Waals surface area contributed by atoms with Crippen LogP contribution < -0.4 is 5.32 Å². The number of ether oxygens (including phenoxy) is 1. The van der Waals surface area contributed by atoms with Gasteiger partial charge in [-0.15, -0.1) is 0 Å². The van der Waals surface area contributed by atoms with Crippen LogP contribution in [0.15, 0.2) is 73.1 Å². The molecule has 0 saturated carbocycles. The summed E-state index contributed by atoms with van der Waals surface area (Å²) in [6, 6.07) is 17.4. The second kappa shape index (κ2) is 6.26. The number of carbonyl (C=O) groups excluding carboxylic acids is 1. The highest BCUT2D eigenvalue weighted by atomic mass is 19.1. The van der Waals surface area contributed by atoms with E-state index in [-0.39, 0.29) is 5.82 Å². The molecule has 0 spiro atoms. The lowest BCUT2D eigenvalue weighted by molar-refractivity contribution is 0.0494. The molecule has 5 heteroatoms.